The molecule has 1 amide bonds. The zero-order valence-corrected chi connectivity index (χ0v) is 16.0. The zero-order valence-electron chi connectivity index (χ0n) is 16.0. The second-order valence-corrected chi connectivity index (χ2v) is 6.08. The molecule has 2 aromatic carbocycles. The Morgan fingerprint density at radius 2 is 1.70 bits per heavy atom. The topological polar surface area (TPSA) is 78.3 Å². The zero-order chi connectivity index (χ0) is 19.8. The van der Waals surface area contributed by atoms with Crippen LogP contribution in [0.1, 0.15) is 15.9 Å². The quantitative estimate of drug-likeness (QED) is 0.679. The van der Waals surface area contributed by atoms with E-state index in [4.69, 9.17) is 9.47 Å². The van der Waals surface area contributed by atoms with Crippen LogP contribution in [0.4, 0.5) is 5.69 Å². The van der Waals surface area contributed by atoms with Crippen LogP contribution in [0.5, 0.6) is 11.5 Å². The van der Waals surface area contributed by atoms with Gasteiger partial charge < -0.3 is 24.4 Å². The van der Waals surface area contributed by atoms with Crippen molar-refractivity contribution in [2.45, 2.75) is 6.54 Å². The van der Waals surface area contributed by atoms with E-state index in [2.05, 4.69) is 10.1 Å². The van der Waals surface area contributed by atoms with Crippen molar-refractivity contribution < 1.29 is 28.7 Å². The van der Waals surface area contributed by atoms with Gasteiger partial charge in [0.1, 0.15) is 6.54 Å². The smallest absolute Gasteiger partial charge is 0.337 e. The molecule has 7 nitrogen and oxygen atoms in total. The third-order valence-corrected chi connectivity index (χ3v) is 4.03. The highest BCUT2D eigenvalue weighted by atomic mass is 16.5. The van der Waals surface area contributed by atoms with Gasteiger partial charge in [-0.15, -0.1) is 0 Å². The van der Waals surface area contributed by atoms with Gasteiger partial charge in [0.05, 0.1) is 39.5 Å². The highest BCUT2D eigenvalue weighted by molar-refractivity contribution is 5.93. The van der Waals surface area contributed by atoms with E-state index in [0.29, 0.717) is 29.3 Å². The molecule has 0 aliphatic rings. The highest BCUT2D eigenvalue weighted by Crippen LogP contribution is 2.29. The molecule has 1 unspecified atom stereocenters. The number of quaternary nitrogens is 1. The number of anilines is 1. The van der Waals surface area contributed by atoms with Crippen molar-refractivity contribution in [2.24, 2.45) is 0 Å². The van der Waals surface area contributed by atoms with Crippen LogP contribution in [0.2, 0.25) is 0 Å². The molecule has 0 saturated heterocycles. The number of amides is 1. The molecule has 0 heterocycles. The fourth-order valence-corrected chi connectivity index (χ4v) is 2.77. The second-order valence-electron chi connectivity index (χ2n) is 6.08. The molecule has 1 atom stereocenters. The largest absolute Gasteiger partial charge is 0.493 e. The van der Waals surface area contributed by atoms with Gasteiger partial charge in [0, 0.05) is 5.69 Å². The molecule has 0 aromatic heterocycles. The number of esters is 1. The summed E-state index contributed by atoms with van der Waals surface area (Å²) in [4.78, 5) is 24.7. The number of rotatable bonds is 8. The maximum atomic E-state index is 12.3. The average Bonchev–Trinajstić information content (AvgIpc) is 2.67. The van der Waals surface area contributed by atoms with Crippen LogP contribution in [0, 0.1) is 0 Å². The first kappa shape index (κ1) is 20.3. The van der Waals surface area contributed by atoms with Gasteiger partial charge in [-0.2, -0.15) is 0 Å². The minimum Gasteiger partial charge on any atom is -0.493 e. The van der Waals surface area contributed by atoms with Crippen LogP contribution in [0.15, 0.2) is 42.5 Å². The number of carbonyl (C=O) groups is 2. The minimum atomic E-state index is -0.413. The number of hydrogen-bond donors (Lipinski definition) is 2. The SMILES string of the molecule is COC(=O)c1ccc(NC(=O)C[NH+](C)Cc2cccc(OC)c2OC)cc1. The molecule has 0 radical (unpaired) electrons. The van der Waals surface area contributed by atoms with Gasteiger partial charge in [0.2, 0.25) is 0 Å². The number of benzene rings is 2. The summed E-state index contributed by atoms with van der Waals surface area (Å²) in [6, 6.07) is 12.2. The molecule has 2 N–H and O–H groups in total. The number of ether oxygens (including phenoxy) is 3. The maximum absolute atomic E-state index is 12.3. The Hall–Kier alpha value is -3.06. The number of methoxy groups -OCH3 is 3. The standard InChI is InChI=1S/C20H24N2O5/c1-22(12-15-6-5-7-17(25-2)19(15)26-3)13-18(23)21-16-10-8-14(9-11-16)20(24)27-4/h5-11H,12-13H2,1-4H3,(H,21,23)/p+1. The first-order valence-electron chi connectivity index (χ1n) is 8.47. The van der Waals surface area contributed by atoms with E-state index in [0.717, 1.165) is 10.5 Å². The molecular formula is C20H25N2O5+. The lowest BCUT2D eigenvalue weighted by molar-refractivity contribution is -0.885. The number of para-hydroxylation sites is 1. The predicted molar refractivity (Wildman–Crippen MR) is 101 cm³/mol. The lowest BCUT2D eigenvalue weighted by Gasteiger charge is -2.17. The highest BCUT2D eigenvalue weighted by Gasteiger charge is 2.16. The van der Waals surface area contributed by atoms with Crippen LogP contribution in [0.3, 0.4) is 0 Å². The van der Waals surface area contributed by atoms with Crippen molar-refractivity contribution in [2.75, 3.05) is 40.2 Å². The van der Waals surface area contributed by atoms with Gasteiger partial charge >= 0.3 is 5.97 Å². The summed E-state index contributed by atoms with van der Waals surface area (Å²) in [7, 11) is 6.45. The summed E-state index contributed by atoms with van der Waals surface area (Å²) in [6.45, 7) is 0.883. The Balaban J connectivity index is 1.95. The van der Waals surface area contributed by atoms with Crippen molar-refractivity contribution in [1.29, 1.82) is 0 Å². The van der Waals surface area contributed by atoms with Crippen molar-refractivity contribution in [3.63, 3.8) is 0 Å². The van der Waals surface area contributed by atoms with Crippen LogP contribution in [0.25, 0.3) is 0 Å². The van der Waals surface area contributed by atoms with Crippen molar-refractivity contribution in [1.82, 2.24) is 0 Å². The third kappa shape index (κ3) is 5.46. The van der Waals surface area contributed by atoms with Crippen molar-refractivity contribution in [3.8, 4) is 11.5 Å². The molecule has 27 heavy (non-hydrogen) atoms. The molecule has 0 saturated carbocycles. The van der Waals surface area contributed by atoms with E-state index in [1.165, 1.54) is 7.11 Å². The van der Waals surface area contributed by atoms with Gasteiger partial charge in [0.25, 0.3) is 5.91 Å². The summed E-state index contributed by atoms with van der Waals surface area (Å²) >= 11 is 0. The van der Waals surface area contributed by atoms with Gasteiger partial charge in [-0.1, -0.05) is 6.07 Å². The summed E-state index contributed by atoms with van der Waals surface area (Å²) < 4.78 is 15.4. The number of nitrogens with one attached hydrogen (secondary N) is 2. The first-order valence-corrected chi connectivity index (χ1v) is 8.47. The van der Waals surface area contributed by atoms with Crippen LogP contribution < -0.4 is 19.7 Å². The molecule has 2 rings (SSSR count). The Bertz CT molecular complexity index is 789. The summed E-state index contributed by atoms with van der Waals surface area (Å²) in [5.41, 5.74) is 2.02. The van der Waals surface area contributed by atoms with E-state index < -0.39 is 5.97 Å². The van der Waals surface area contributed by atoms with Gasteiger partial charge in [-0.05, 0) is 36.4 Å². The molecule has 0 bridgehead atoms. The Kier molecular flexibility index (Phi) is 7.19. The molecule has 2 aromatic rings. The van der Waals surface area contributed by atoms with Gasteiger partial charge in [-0.25, -0.2) is 4.79 Å². The van der Waals surface area contributed by atoms with Crippen LogP contribution >= 0.6 is 0 Å². The second kappa shape index (κ2) is 9.59. The monoisotopic (exact) mass is 373 g/mol. The van der Waals surface area contributed by atoms with Crippen LogP contribution in [-0.2, 0) is 16.1 Å². The van der Waals surface area contributed by atoms with Crippen molar-refractivity contribution in [3.05, 3.63) is 53.6 Å². The van der Waals surface area contributed by atoms with E-state index in [-0.39, 0.29) is 12.5 Å². The normalized spacial score (nSPS) is 11.4. The maximum Gasteiger partial charge on any atom is 0.337 e. The molecule has 144 valence electrons. The third-order valence-electron chi connectivity index (χ3n) is 4.03. The first-order chi connectivity index (χ1) is 13.0. The van der Waals surface area contributed by atoms with E-state index in [9.17, 15) is 9.59 Å². The summed E-state index contributed by atoms with van der Waals surface area (Å²) in [5, 5.41) is 2.83. The molecule has 0 fully saturated rings. The number of carbonyl (C=O) groups excluding carboxylic acids is 2. The van der Waals surface area contributed by atoms with Crippen LogP contribution in [-0.4, -0.2) is 46.8 Å². The Labute approximate surface area is 158 Å². The van der Waals surface area contributed by atoms with Crippen molar-refractivity contribution >= 4 is 17.6 Å². The van der Waals surface area contributed by atoms with E-state index in [1.54, 1.807) is 38.5 Å². The lowest BCUT2D eigenvalue weighted by atomic mass is 10.1. The average molecular weight is 373 g/mol. The lowest BCUT2D eigenvalue weighted by Crippen LogP contribution is -3.08. The molecule has 0 aliphatic heterocycles. The molecular weight excluding hydrogens is 348 g/mol. The fraction of sp³-hybridized carbons (Fsp3) is 0.300. The van der Waals surface area contributed by atoms with Gasteiger partial charge in [-0.3, -0.25) is 4.79 Å². The number of hydrogen-bond acceptors (Lipinski definition) is 5. The Morgan fingerprint density at radius 3 is 2.30 bits per heavy atom. The predicted octanol–water partition coefficient (Wildman–Crippen LogP) is 1.14. The molecule has 0 spiro atoms. The Morgan fingerprint density at radius 1 is 1.00 bits per heavy atom. The number of likely N-dealkylation sites (N-methyl/N-ethyl adjacent to an activating group) is 1. The summed E-state index contributed by atoms with van der Waals surface area (Å²) in [5.74, 6) is 0.806. The van der Waals surface area contributed by atoms with E-state index in [1.807, 2.05) is 25.2 Å². The summed E-state index contributed by atoms with van der Waals surface area (Å²) in [6.07, 6.45) is 0. The minimum absolute atomic E-state index is 0.125. The molecule has 0 aliphatic carbocycles. The fourth-order valence-electron chi connectivity index (χ4n) is 2.77. The molecule has 7 heteroatoms. The van der Waals surface area contributed by atoms with E-state index >= 15 is 0 Å². The van der Waals surface area contributed by atoms with Gasteiger partial charge in [0.15, 0.2) is 18.0 Å².